The van der Waals surface area contributed by atoms with Crippen molar-refractivity contribution in [2.24, 2.45) is 0 Å². The highest BCUT2D eigenvalue weighted by atomic mass is 15.1. The molecule has 0 aliphatic rings. The highest BCUT2D eigenvalue weighted by Gasteiger charge is 2.10. The maximum atomic E-state index is 4.72. The molecule has 3 rings (SSSR count). The molecule has 1 atom stereocenters. The molecular formula is C23H29N5. The van der Waals surface area contributed by atoms with Crippen LogP contribution in [0.15, 0.2) is 66.7 Å². The number of anilines is 2. The normalized spacial score (nSPS) is 12.0. The summed E-state index contributed by atoms with van der Waals surface area (Å²) in [6.45, 7) is 4.01. The number of benzene rings is 2. The Kier molecular flexibility index (Phi) is 6.98. The topological polar surface area (TPSA) is 53.1 Å². The Morgan fingerprint density at radius 1 is 0.929 bits per heavy atom. The van der Waals surface area contributed by atoms with Crippen molar-refractivity contribution in [3.05, 3.63) is 72.3 Å². The zero-order chi connectivity index (χ0) is 19.8. The minimum atomic E-state index is 0.154. The second-order valence-electron chi connectivity index (χ2n) is 7.19. The summed E-state index contributed by atoms with van der Waals surface area (Å²) < 4.78 is 0. The van der Waals surface area contributed by atoms with Crippen LogP contribution in [0.3, 0.4) is 0 Å². The summed E-state index contributed by atoms with van der Waals surface area (Å²) in [6.07, 6.45) is 1.04. The van der Waals surface area contributed by atoms with E-state index in [0.29, 0.717) is 5.95 Å². The van der Waals surface area contributed by atoms with Gasteiger partial charge in [0.15, 0.2) is 0 Å². The van der Waals surface area contributed by atoms with Gasteiger partial charge < -0.3 is 15.5 Å². The molecule has 1 aromatic heterocycles. The van der Waals surface area contributed by atoms with Crippen molar-refractivity contribution >= 4 is 11.8 Å². The molecule has 0 saturated heterocycles. The van der Waals surface area contributed by atoms with Crippen LogP contribution in [-0.2, 0) is 0 Å². The number of hydrogen-bond donors (Lipinski definition) is 2. The van der Waals surface area contributed by atoms with Crippen LogP contribution in [0.5, 0.6) is 0 Å². The van der Waals surface area contributed by atoms with Crippen LogP contribution in [0.4, 0.5) is 11.8 Å². The Morgan fingerprint density at radius 2 is 1.61 bits per heavy atom. The fraction of sp³-hybridized carbons (Fsp3) is 0.304. The lowest BCUT2D eigenvalue weighted by Crippen LogP contribution is -2.17. The molecule has 2 N–H and O–H groups in total. The zero-order valence-corrected chi connectivity index (χ0v) is 16.9. The van der Waals surface area contributed by atoms with E-state index in [1.54, 1.807) is 0 Å². The highest BCUT2D eigenvalue weighted by molar-refractivity contribution is 5.64. The van der Waals surface area contributed by atoms with E-state index in [2.05, 4.69) is 73.0 Å². The third-order valence-corrected chi connectivity index (χ3v) is 4.52. The first-order valence-electron chi connectivity index (χ1n) is 9.76. The van der Waals surface area contributed by atoms with E-state index in [1.807, 2.05) is 30.3 Å². The Bertz CT molecular complexity index is 849. The molecule has 1 heterocycles. The van der Waals surface area contributed by atoms with E-state index in [4.69, 9.17) is 9.97 Å². The molecule has 0 bridgehead atoms. The molecule has 0 amide bonds. The average molecular weight is 376 g/mol. The van der Waals surface area contributed by atoms with E-state index in [-0.39, 0.29) is 6.04 Å². The molecular weight excluding hydrogens is 346 g/mol. The Balaban J connectivity index is 1.80. The van der Waals surface area contributed by atoms with Gasteiger partial charge in [-0.1, -0.05) is 60.7 Å². The molecule has 0 saturated carbocycles. The fourth-order valence-corrected chi connectivity index (χ4v) is 3.00. The summed E-state index contributed by atoms with van der Waals surface area (Å²) in [6, 6.07) is 22.8. The summed E-state index contributed by atoms with van der Waals surface area (Å²) in [5, 5.41) is 6.89. The molecule has 0 radical (unpaired) electrons. The number of nitrogens with zero attached hydrogens (tertiary/aromatic N) is 3. The van der Waals surface area contributed by atoms with Gasteiger partial charge in [0.25, 0.3) is 0 Å². The first-order chi connectivity index (χ1) is 13.6. The third-order valence-electron chi connectivity index (χ3n) is 4.52. The molecule has 3 aromatic rings. The second kappa shape index (κ2) is 9.85. The summed E-state index contributed by atoms with van der Waals surface area (Å²) >= 11 is 0. The maximum absolute atomic E-state index is 4.72. The van der Waals surface area contributed by atoms with Crippen LogP contribution in [0.2, 0.25) is 0 Å². The van der Waals surface area contributed by atoms with Crippen molar-refractivity contribution in [2.75, 3.05) is 37.8 Å². The van der Waals surface area contributed by atoms with Gasteiger partial charge in [-0.05, 0) is 39.5 Å². The van der Waals surface area contributed by atoms with Gasteiger partial charge in [0.2, 0.25) is 5.95 Å². The SMILES string of the molecule is CC(Nc1cc(-c2ccccc2)nc(NCCCN(C)C)n1)c1ccccc1. The third kappa shape index (κ3) is 5.79. The Labute approximate surface area is 167 Å². The Hall–Kier alpha value is -2.92. The van der Waals surface area contributed by atoms with Gasteiger partial charge in [-0.15, -0.1) is 0 Å². The first kappa shape index (κ1) is 19.8. The number of aromatic nitrogens is 2. The molecule has 0 aliphatic carbocycles. The van der Waals surface area contributed by atoms with E-state index in [0.717, 1.165) is 36.6 Å². The van der Waals surface area contributed by atoms with Gasteiger partial charge in [0.1, 0.15) is 5.82 Å². The van der Waals surface area contributed by atoms with Crippen molar-refractivity contribution in [3.8, 4) is 11.3 Å². The minimum Gasteiger partial charge on any atom is -0.363 e. The first-order valence-corrected chi connectivity index (χ1v) is 9.76. The molecule has 0 aliphatic heterocycles. The molecule has 5 heteroatoms. The quantitative estimate of drug-likeness (QED) is 0.532. The predicted molar refractivity (Wildman–Crippen MR) is 118 cm³/mol. The summed E-state index contributed by atoms with van der Waals surface area (Å²) in [5.74, 6) is 1.48. The van der Waals surface area contributed by atoms with Crippen molar-refractivity contribution in [3.63, 3.8) is 0 Å². The molecule has 5 nitrogen and oxygen atoms in total. The summed E-state index contributed by atoms with van der Waals surface area (Å²) in [5.41, 5.74) is 3.22. The van der Waals surface area contributed by atoms with Crippen molar-refractivity contribution in [2.45, 2.75) is 19.4 Å². The maximum Gasteiger partial charge on any atom is 0.225 e. The van der Waals surface area contributed by atoms with Crippen LogP contribution in [0.25, 0.3) is 11.3 Å². The second-order valence-corrected chi connectivity index (χ2v) is 7.19. The lowest BCUT2D eigenvalue weighted by Gasteiger charge is -2.17. The molecule has 0 spiro atoms. The van der Waals surface area contributed by atoms with Crippen LogP contribution in [-0.4, -0.2) is 42.1 Å². The highest BCUT2D eigenvalue weighted by Crippen LogP contribution is 2.24. The monoisotopic (exact) mass is 375 g/mol. The zero-order valence-electron chi connectivity index (χ0n) is 16.9. The van der Waals surface area contributed by atoms with Gasteiger partial charge in [-0.25, -0.2) is 4.98 Å². The summed E-state index contributed by atoms with van der Waals surface area (Å²) in [7, 11) is 4.17. The van der Waals surface area contributed by atoms with Crippen LogP contribution in [0, 0.1) is 0 Å². The molecule has 1 unspecified atom stereocenters. The van der Waals surface area contributed by atoms with Gasteiger partial charge in [0.05, 0.1) is 5.69 Å². The number of hydrogen-bond acceptors (Lipinski definition) is 5. The molecule has 28 heavy (non-hydrogen) atoms. The van der Waals surface area contributed by atoms with E-state index in [1.165, 1.54) is 5.56 Å². The van der Waals surface area contributed by atoms with Crippen molar-refractivity contribution in [1.29, 1.82) is 0 Å². The lowest BCUT2D eigenvalue weighted by molar-refractivity contribution is 0.405. The number of rotatable bonds is 9. The van der Waals surface area contributed by atoms with Crippen molar-refractivity contribution in [1.82, 2.24) is 14.9 Å². The molecule has 2 aromatic carbocycles. The fourth-order valence-electron chi connectivity index (χ4n) is 3.00. The lowest BCUT2D eigenvalue weighted by atomic mass is 10.1. The van der Waals surface area contributed by atoms with Crippen molar-refractivity contribution < 1.29 is 0 Å². The van der Waals surface area contributed by atoms with Crippen LogP contribution < -0.4 is 10.6 Å². The number of nitrogens with one attached hydrogen (secondary N) is 2. The van der Waals surface area contributed by atoms with Gasteiger partial charge in [0, 0.05) is 24.2 Å². The van der Waals surface area contributed by atoms with Gasteiger partial charge in [-0.3, -0.25) is 0 Å². The standard InChI is InChI=1S/C23H29N5/c1-18(19-11-6-4-7-12-19)25-22-17-21(20-13-8-5-9-14-20)26-23(27-22)24-15-10-16-28(2)3/h4-9,11-14,17-18H,10,15-16H2,1-3H3,(H2,24,25,26,27). The van der Waals surface area contributed by atoms with Gasteiger partial charge in [-0.2, -0.15) is 4.98 Å². The van der Waals surface area contributed by atoms with Crippen LogP contribution >= 0.6 is 0 Å². The van der Waals surface area contributed by atoms with Gasteiger partial charge >= 0.3 is 0 Å². The molecule has 0 fully saturated rings. The Morgan fingerprint density at radius 3 is 2.29 bits per heavy atom. The van der Waals surface area contributed by atoms with E-state index < -0.39 is 0 Å². The minimum absolute atomic E-state index is 0.154. The van der Waals surface area contributed by atoms with E-state index in [9.17, 15) is 0 Å². The average Bonchev–Trinajstić information content (AvgIpc) is 2.72. The smallest absolute Gasteiger partial charge is 0.225 e. The summed E-state index contributed by atoms with van der Waals surface area (Å²) in [4.78, 5) is 11.6. The molecule has 146 valence electrons. The van der Waals surface area contributed by atoms with E-state index >= 15 is 0 Å². The van der Waals surface area contributed by atoms with Crippen LogP contribution in [0.1, 0.15) is 24.9 Å². The predicted octanol–water partition coefficient (Wildman–Crippen LogP) is 4.68. The largest absolute Gasteiger partial charge is 0.363 e.